The largest absolute Gasteiger partial charge is 0.378 e. The van der Waals surface area contributed by atoms with E-state index in [4.69, 9.17) is 4.74 Å². The van der Waals surface area contributed by atoms with Gasteiger partial charge in [-0.25, -0.2) is 0 Å². The van der Waals surface area contributed by atoms with Crippen molar-refractivity contribution in [2.24, 2.45) is 0 Å². The first-order valence-corrected chi connectivity index (χ1v) is 9.64. The van der Waals surface area contributed by atoms with Crippen LogP contribution in [0.1, 0.15) is 31.7 Å². The molecule has 0 bridgehead atoms. The lowest BCUT2D eigenvalue weighted by molar-refractivity contribution is -0.128. The van der Waals surface area contributed by atoms with Gasteiger partial charge in [0.1, 0.15) is 0 Å². The number of allylic oxidation sites excluding steroid dienone is 3. The smallest absolute Gasteiger partial charge is 0.260 e. The molecule has 0 atom stereocenters. The molecule has 25 heavy (non-hydrogen) atoms. The fourth-order valence-electron chi connectivity index (χ4n) is 2.95. The number of piperidine rings is 1. The third-order valence-electron chi connectivity index (χ3n) is 4.27. The molecule has 130 valence electrons. The number of carbonyl (C=O) groups excluding carboxylic acids is 1. The van der Waals surface area contributed by atoms with Crippen molar-refractivity contribution >= 4 is 17.7 Å². The lowest BCUT2D eigenvalue weighted by Crippen LogP contribution is -2.41. The molecule has 3 rings (SSSR count). The molecule has 1 fully saturated rings. The number of hydrogen-bond donors (Lipinski definition) is 0. The molecular weight excluding hydrogens is 330 g/mol. The predicted molar refractivity (Wildman–Crippen MR) is 103 cm³/mol. The molecule has 2 aliphatic rings. The van der Waals surface area contributed by atoms with E-state index in [1.165, 1.54) is 11.8 Å². The van der Waals surface area contributed by atoms with Crippen molar-refractivity contribution in [2.75, 3.05) is 19.7 Å². The van der Waals surface area contributed by atoms with Crippen LogP contribution in [0.3, 0.4) is 0 Å². The van der Waals surface area contributed by atoms with Crippen molar-refractivity contribution in [3.8, 4) is 11.8 Å². The summed E-state index contributed by atoms with van der Waals surface area (Å²) in [4.78, 5) is 16.5. The van der Waals surface area contributed by atoms with E-state index in [0.29, 0.717) is 6.10 Å². The third kappa shape index (κ3) is 5.01. The van der Waals surface area contributed by atoms with Gasteiger partial charge in [0.15, 0.2) is 0 Å². The maximum atomic E-state index is 12.8. The average molecular weight is 353 g/mol. The summed E-state index contributed by atoms with van der Waals surface area (Å²) in [5.41, 5.74) is 0.990. The summed E-state index contributed by atoms with van der Waals surface area (Å²) in [6.07, 6.45) is 7.01. The molecule has 0 unspecified atom stereocenters. The summed E-state index contributed by atoms with van der Waals surface area (Å²) in [5, 5.41) is 0. The first kappa shape index (κ1) is 17.8. The van der Waals surface area contributed by atoms with Gasteiger partial charge in [0.2, 0.25) is 0 Å². The predicted octanol–water partition coefficient (Wildman–Crippen LogP) is 3.97. The van der Waals surface area contributed by atoms with Crippen LogP contribution in [0.15, 0.2) is 52.3 Å². The van der Waals surface area contributed by atoms with Crippen molar-refractivity contribution in [2.45, 2.75) is 32.3 Å². The highest BCUT2D eigenvalue weighted by Gasteiger charge is 2.26. The maximum Gasteiger partial charge on any atom is 0.260 e. The SMILES string of the molecule is CCOC1CCN(C(=O)C2=CCC=C(C#Cc3ccccc3)S2)CC1. The number of likely N-dealkylation sites (tertiary alicyclic amines) is 1. The van der Waals surface area contributed by atoms with Crippen LogP contribution in [-0.4, -0.2) is 36.6 Å². The molecule has 1 amide bonds. The van der Waals surface area contributed by atoms with E-state index in [0.717, 1.165) is 54.3 Å². The summed E-state index contributed by atoms with van der Waals surface area (Å²) in [7, 11) is 0. The van der Waals surface area contributed by atoms with E-state index in [-0.39, 0.29) is 5.91 Å². The third-order valence-corrected chi connectivity index (χ3v) is 5.32. The summed E-state index contributed by atoms with van der Waals surface area (Å²) < 4.78 is 5.66. The van der Waals surface area contributed by atoms with Crippen LogP contribution in [0.5, 0.6) is 0 Å². The Balaban J connectivity index is 1.57. The molecule has 0 spiro atoms. The minimum Gasteiger partial charge on any atom is -0.378 e. The Morgan fingerprint density at radius 1 is 1.20 bits per heavy atom. The van der Waals surface area contributed by atoms with Crippen LogP contribution >= 0.6 is 11.8 Å². The van der Waals surface area contributed by atoms with Crippen molar-refractivity contribution in [3.63, 3.8) is 0 Å². The molecule has 0 radical (unpaired) electrons. The number of rotatable bonds is 3. The van der Waals surface area contributed by atoms with E-state index >= 15 is 0 Å². The Morgan fingerprint density at radius 2 is 1.96 bits per heavy atom. The monoisotopic (exact) mass is 353 g/mol. The van der Waals surface area contributed by atoms with Gasteiger partial charge in [0, 0.05) is 25.3 Å². The fourth-order valence-corrected chi connectivity index (χ4v) is 3.87. The lowest BCUT2D eigenvalue weighted by atomic mass is 10.1. The van der Waals surface area contributed by atoms with Crippen LogP contribution in [0, 0.1) is 11.8 Å². The average Bonchev–Trinajstić information content (AvgIpc) is 2.68. The molecule has 1 aromatic carbocycles. The molecule has 0 aliphatic carbocycles. The van der Waals surface area contributed by atoms with Crippen LogP contribution in [0.2, 0.25) is 0 Å². The second kappa shape index (κ2) is 8.94. The standard InChI is InChI=1S/C21H23NO2S/c1-2-24-18-13-15-22(16-14-18)21(23)20-10-6-9-19(25-20)12-11-17-7-4-3-5-8-17/h3-5,7-10,18H,2,6,13-16H2,1H3. The first-order chi connectivity index (χ1) is 12.3. The van der Waals surface area contributed by atoms with E-state index in [9.17, 15) is 4.79 Å². The number of thioether (sulfide) groups is 1. The second-order valence-corrected chi connectivity index (χ2v) is 7.12. The molecule has 0 saturated carbocycles. The second-order valence-electron chi connectivity index (χ2n) is 6.04. The zero-order valence-electron chi connectivity index (χ0n) is 14.5. The first-order valence-electron chi connectivity index (χ1n) is 8.82. The molecule has 0 N–H and O–H groups in total. The van der Waals surface area contributed by atoms with Gasteiger partial charge in [-0.15, -0.1) is 0 Å². The van der Waals surface area contributed by atoms with Crippen molar-refractivity contribution < 1.29 is 9.53 Å². The van der Waals surface area contributed by atoms with Crippen LogP contribution in [0.25, 0.3) is 0 Å². The minimum atomic E-state index is 0.132. The molecular formula is C21H23NO2S. The van der Waals surface area contributed by atoms with Gasteiger partial charge in [0.25, 0.3) is 5.91 Å². The molecule has 2 heterocycles. The minimum absolute atomic E-state index is 0.132. The lowest BCUT2D eigenvalue weighted by Gasteiger charge is -2.32. The van der Waals surface area contributed by atoms with Crippen molar-refractivity contribution in [1.82, 2.24) is 4.90 Å². The molecule has 4 heteroatoms. The Kier molecular flexibility index (Phi) is 6.38. The highest BCUT2D eigenvalue weighted by molar-refractivity contribution is 8.07. The zero-order chi connectivity index (χ0) is 17.5. The molecule has 3 nitrogen and oxygen atoms in total. The molecule has 0 aromatic heterocycles. The zero-order valence-corrected chi connectivity index (χ0v) is 15.3. The number of hydrogen-bond acceptors (Lipinski definition) is 3. The normalized spacial score (nSPS) is 18.0. The maximum absolute atomic E-state index is 12.8. The highest BCUT2D eigenvalue weighted by Crippen LogP contribution is 2.32. The summed E-state index contributed by atoms with van der Waals surface area (Å²) >= 11 is 1.49. The van der Waals surface area contributed by atoms with Crippen molar-refractivity contribution in [1.29, 1.82) is 0 Å². The van der Waals surface area contributed by atoms with Gasteiger partial charge >= 0.3 is 0 Å². The topological polar surface area (TPSA) is 29.5 Å². The molecule has 1 aromatic rings. The van der Waals surface area contributed by atoms with E-state index in [1.54, 1.807) is 0 Å². The quantitative estimate of drug-likeness (QED) is 0.770. The van der Waals surface area contributed by atoms with Gasteiger partial charge in [-0.05, 0) is 38.3 Å². The number of benzene rings is 1. The Hall–Kier alpha value is -1.96. The van der Waals surface area contributed by atoms with E-state index < -0.39 is 0 Å². The Bertz CT molecular complexity index is 719. The Morgan fingerprint density at radius 3 is 2.68 bits per heavy atom. The van der Waals surface area contributed by atoms with Crippen LogP contribution in [0.4, 0.5) is 0 Å². The summed E-state index contributed by atoms with van der Waals surface area (Å²) in [6, 6.07) is 9.92. The summed E-state index contributed by atoms with van der Waals surface area (Å²) in [6.45, 7) is 4.31. The van der Waals surface area contributed by atoms with Gasteiger partial charge < -0.3 is 9.64 Å². The number of carbonyl (C=O) groups is 1. The van der Waals surface area contributed by atoms with Crippen LogP contribution in [-0.2, 0) is 9.53 Å². The van der Waals surface area contributed by atoms with E-state index in [1.807, 2.05) is 48.2 Å². The Labute approximate surface area is 154 Å². The molecule has 1 saturated heterocycles. The number of amides is 1. The van der Waals surface area contributed by atoms with Gasteiger partial charge in [0.05, 0.1) is 15.9 Å². The van der Waals surface area contributed by atoms with Gasteiger partial charge in [-0.1, -0.05) is 54.0 Å². The summed E-state index contributed by atoms with van der Waals surface area (Å²) in [5.74, 6) is 6.49. The van der Waals surface area contributed by atoms with E-state index in [2.05, 4.69) is 17.9 Å². The number of ether oxygens (including phenoxy) is 1. The van der Waals surface area contributed by atoms with Gasteiger partial charge in [-0.3, -0.25) is 4.79 Å². The highest BCUT2D eigenvalue weighted by atomic mass is 32.2. The van der Waals surface area contributed by atoms with Gasteiger partial charge in [-0.2, -0.15) is 0 Å². The number of nitrogens with zero attached hydrogens (tertiary/aromatic N) is 1. The fraction of sp³-hybridized carbons (Fsp3) is 0.381. The van der Waals surface area contributed by atoms with Crippen LogP contribution < -0.4 is 0 Å². The van der Waals surface area contributed by atoms with Crippen molar-refractivity contribution in [3.05, 3.63) is 57.9 Å². The molecule has 2 aliphatic heterocycles.